The van der Waals surface area contributed by atoms with Crippen molar-refractivity contribution in [3.05, 3.63) is 34.3 Å². The van der Waals surface area contributed by atoms with Gasteiger partial charge in [0, 0.05) is 17.2 Å². The SMILES string of the molecule is N#Cc1cc(Cl)ccc1CC(=O)CS. The molecule has 0 radical (unpaired) electrons. The zero-order valence-corrected chi connectivity index (χ0v) is 8.98. The van der Waals surface area contributed by atoms with Crippen LogP contribution in [0, 0.1) is 11.3 Å². The van der Waals surface area contributed by atoms with Crippen molar-refractivity contribution in [2.75, 3.05) is 5.75 Å². The summed E-state index contributed by atoms with van der Waals surface area (Å²) < 4.78 is 0. The zero-order chi connectivity index (χ0) is 10.6. The number of nitriles is 1. The number of carbonyl (C=O) groups is 1. The van der Waals surface area contributed by atoms with Gasteiger partial charge in [0.25, 0.3) is 0 Å². The van der Waals surface area contributed by atoms with Gasteiger partial charge in [0.1, 0.15) is 5.78 Å². The van der Waals surface area contributed by atoms with Crippen molar-refractivity contribution < 1.29 is 4.79 Å². The van der Waals surface area contributed by atoms with E-state index in [1.165, 1.54) is 0 Å². The molecule has 0 amide bonds. The van der Waals surface area contributed by atoms with Crippen LogP contribution in [-0.4, -0.2) is 11.5 Å². The molecular formula is C10H8ClNOS. The van der Waals surface area contributed by atoms with Gasteiger partial charge in [-0.2, -0.15) is 17.9 Å². The number of carbonyl (C=O) groups excluding carboxylic acids is 1. The highest BCUT2D eigenvalue weighted by Crippen LogP contribution is 2.16. The fraction of sp³-hybridized carbons (Fsp3) is 0.200. The zero-order valence-electron chi connectivity index (χ0n) is 7.33. The van der Waals surface area contributed by atoms with Gasteiger partial charge in [-0.3, -0.25) is 4.79 Å². The highest BCUT2D eigenvalue weighted by molar-refractivity contribution is 7.81. The summed E-state index contributed by atoms with van der Waals surface area (Å²) in [4.78, 5) is 11.1. The summed E-state index contributed by atoms with van der Waals surface area (Å²) in [7, 11) is 0. The molecule has 4 heteroatoms. The Labute approximate surface area is 92.9 Å². The second-order valence-electron chi connectivity index (χ2n) is 2.79. The first-order chi connectivity index (χ1) is 6.67. The molecule has 0 N–H and O–H groups in total. The molecule has 0 bridgehead atoms. The number of hydrogen-bond donors (Lipinski definition) is 1. The molecule has 0 unspecified atom stereocenters. The molecule has 0 fully saturated rings. The van der Waals surface area contributed by atoms with Crippen molar-refractivity contribution in [3.8, 4) is 6.07 Å². The van der Waals surface area contributed by atoms with E-state index in [-0.39, 0.29) is 18.0 Å². The van der Waals surface area contributed by atoms with Gasteiger partial charge < -0.3 is 0 Å². The van der Waals surface area contributed by atoms with E-state index in [1.807, 2.05) is 6.07 Å². The maximum Gasteiger partial charge on any atom is 0.146 e. The van der Waals surface area contributed by atoms with Crippen molar-refractivity contribution in [2.45, 2.75) is 6.42 Å². The van der Waals surface area contributed by atoms with Crippen molar-refractivity contribution in [2.24, 2.45) is 0 Å². The molecule has 1 rings (SSSR count). The van der Waals surface area contributed by atoms with Gasteiger partial charge in [-0.05, 0) is 17.7 Å². The minimum atomic E-state index is -0.00726. The molecule has 0 spiro atoms. The molecule has 0 aliphatic heterocycles. The van der Waals surface area contributed by atoms with Crippen LogP contribution in [0.4, 0.5) is 0 Å². The molecule has 72 valence electrons. The predicted octanol–water partition coefficient (Wildman–Crippen LogP) is 2.25. The molecule has 0 atom stereocenters. The summed E-state index contributed by atoms with van der Waals surface area (Å²) in [6.45, 7) is 0. The molecule has 1 aromatic rings. The molecule has 0 saturated heterocycles. The van der Waals surface area contributed by atoms with Crippen LogP contribution in [0.25, 0.3) is 0 Å². The van der Waals surface area contributed by atoms with Crippen molar-refractivity contribution >= 4 is 30.0 Å². The van der Waals surface area contributed by atoms with Gasteiger partial charge >= 0.3 is 0 Å². The van der Waals surface area contributed by atoms with Crippen LogP contribution in [0.5, 0.6) is 0 Å². The van der Waals surface area contributed by atoms with E-state index >= 15 is 0 Å². The lowest BCUT2D eigenvalue weighted by atomic mass is 10.0. The Morgan fingerprint density at radius 2 is 2.29 bits per heavy atom. The molecule has 2 nitrogen and oxygen atoms in total. The molecule has 0 saturated carbocycles. The lowest BCUT2D eigenvalue weighted by molar-refractivity contribution is -0.115. The Balaban J connectivity index is 2.98. The lowest BCUT2D eigenvalue weighted by Crippen LogP contribution is -2.05. The summed E-state index contributed by atoms with van der Waals surface area (Å²) in [5.41, 5.74) is 1.16. The molecule has 0 aliphatic carbocycles. The van der Waals surface area contributed by atoms with Crippen LogP contribution in [0.15, 0.2) is 18.2 Å². The summed E-state index contributed by atoms with van der Waals surface area (Å²) in [5, 5.41) is 9.29. The van der Waals surface area contributed by atoms with Crippen LogP contribution < -0.4 is 0 Å². The summed E-state index contributed by atoms with van der Waals surface area (Å²) in [6, 6.07) is 6.93. The van der Waals surface area contributed by atoms with E-state index in [9.17, 15) is 4.79 Å². The third-order valence-electron chi connectivity index (χ3n) is 1.76. The molecule has 0 heterocycles. The fourth-order valence-corrected chi connectivity index (χ4v) is 1.36. The first-order valence-electron chi connectivity index (χ1n) is 3.98. The monoisotopic (exact) mass is 225 g/mol. The van der Waals surface area contributed by atoms with Crippen molar-refractivity contribution in [1.29, 1.82) is 5.26 Å². The Morgan fingerprint density at radius 3 is 2.86 bits per heavy atom. The van der Waals surface area contributed by atoms with Crippen LogP contribution >= 0.6 is 24.2 Å². The summed E-state index contributed by atoms with van der Waals surface area (Å²) in [5.74, 6) is 0.181. The third-order valence-corrected chi connectivity index (χ3v) is 2.34. The van der Waals surface area contributed by atoms with E-state index in [0.29, 0.717) is 16.1 Å². The van der Waals surface area contributed by atoms with E-state index in [2.05, 4.69) is 12.6 Å². The van der Waals surface area contributed by atoms with E-state index in [4.69, 9.17) is 16.9 Å². The number of rotatable bonds is 3. The van der Waals surface area contributed by atoms with Crippen LogP contribution in [0.1, 0.15) is 11.1 Å². The number of halogens is 1. The number of thiol groups is 1. The van der Waals surface area contributed by atoms with Crippen molar-refractivity contribution in [1.82, 2.24) is 0 Å². The Kier molecular flexibility index (Phi) is 3.99. The van der Waals surface area contributed by atoms with Gasteiger partial charge in [-0.1, -0.05) is 17.7 Å². The molecule has 0 aliphatic rings. The minimum Gasteiger partial charge on any atom is -0.298 e. The van der Waals surface area contributed by atoms with Crippen molar-refractivity contribution in [3.63, 3.8) is 0 Å². The lowest BCUT2D eigenvalue weighted by Gasteiger charge is -2.01. The number of benzene rings is 1. The number of ketones is 1. The topological polar surface area (TPSA) is 40.9 Å². The quantitative estimate of drug-likeness (QED) is 0.802. The smallest absolute Gasteiger partial charge is 0.146 e. The Bertz CT molecular complexity index is 398. The standard InChI is InChI=1S/C10H8ClNOS/c11-9-2-1-7(4-10(13)6-14)8(3-9)5-12/h1-3,14H,4,6H2. The van der Waals surface area contributed by atoms with E-state index in [0.717, 1.165) is 0 Å². The molecule has 1 aromatic carbocycles. The third kappa shape index (κ3) is 2.76. The molecule has 14 heavy (non-hydrogen) atoms. The average Bonchev–Trinajstić information content (AvgIpc) is 2.20. The minimum absolute atomic E-state index is 0.00726. The average molecular weight is 226 g/mol. The van der Waals surface area contributed by atoms with Crippen LogP contribution in [-0.2, 0) is 11.2 Å². The second kappa shape index (κ2) is 5.04. The second-order valence-corrected chi connectivity index (χ2v) is 3.54. The molecule has 0 aromatic heterocycles. The van der Waals surface area contributed by atoms with Crippen LogP contribution in [0.2, 0.25) is 5.02 Å². The van der Waals surface area contributed by atoms with Crippen LogP contribution in [0.3, 0.4) is 0 Å². The highest BCUT2D eigenvalue weighted by Gasteiger charge is 2.06. The maximum atomic E-state index is 11.1. The van der Waals surface area contributed by atoms with Gasteiger partial charge in [0.2, 0.25) is 0 Å². The molecular weight excluding hydrogens is 218 g/mol. The first-order valence-corrected chi connectivity index (χ1v) is 4.99. The Morgan fingerprint density at radius 1 is 1.57 bits per heavy atom. The largest absolute Gasteiger partial charge is 0.298 e. The predicted molar refractivity (Wildman–Crippen MR) is 58.7 cm³/mol. The van der Waals surface area contributed by atoms with Gasteiger partial charge in [-0.15, -0.1) is 0 Å². The fourth-order valence-electron chi connectivity index (χ4n) is 1.08. The number of nitrogens with zero attached hydrogens (tertiary/aromatic N) is 1. The van der Waals surface area contributed by atoms with Gasteiger partial charge in [0.15, 0.2) is 0 Å². The number of Topliss-reactive ketones (excluding diaryl/α,β-unsaturated/α-hetero) is 1. The summed E-state index contributed by atoms with van der Waals surface area (Å²) >= 11 is 9.59. The first kappa shape index (κ1) is 11.1. The summed E-state index contributed by atoms with van der Waals surface area (Å²) in [6.07, 6.45) is 0.240. The normalized spacial score (nSPS) is 9.50. The van der Waals surface area contributed by atoms with Gasteiger partial charge in [-0.25, -0.2) is 0 Å². The highest BCUT2D eigenvalue weighted by atomic mass is 35.5. The van der Waals surface area contributed by atoms with E-state index in [1.54, 1.807) is 18.2 Å². The number of hydrogen-bond acceptors (Lipinski definition) is 3. The maximum absolute atomic E-state index is 11.1. The van der Waals surface area contributed by atoms with Gasteiger partial charge in [0.05, 0.1) is 11.6 Å². The van der Waals surface area contributed by atoms with E-state index < -0.39 is 0 Å². The Hall–Kier alpha value is -0.980.